The summed E-state index contributed by atoms with van der Waals surface area (Å²) in [5.74, 6) is -0.268. The zero-order chi connectivity index (χ0) is 23.4. The van der Waals surface area contributed by atoms with E-state index >= 15 is 0 Å². The van der Waals surface area contributed by atoms with Crippen molar-refractivity contribution in [3.05, 3.63) is 82.3 Å². The Hall–Kier alpha value is -2.90. The van der Waals surface area contributed by atoms with E-state index in [-0.39, 0.29) is 23.8 Å². The van der Waals surface area contributed by atoms with Gasteiger partial charge in [0.1, 0.15) is 5.82 Å². The first-order chi connectivity index (χ1) is 15.9. The lowest BCUT2D eigenvalue weighted by molar-refractivity contribution is 0.0890. The molecule has 33 heavy (non-hydrogen) atoms. The van der Waals surface area contributed by atoms with Crippen LogP contribution in [0.2, 0.25) is 0 Å². The second-order valence-electron chi connectivity index (χ2n) is 8.66. The number of nitrogens with one attached hydrogen (secondary N) is 1. The van der Waals surface area contributed by atoms with Crippen molar-refractivity contribution in [1.29, 1.82) is 0 Å². The fourth-order valence-electron chi connectivity index (χ4n) is 4.39. The summed E-state index contributed by atoms with van der Waals surface area (Å²) in [5, 5.41) is 5.33. The van der Waals surface area contributed by atoms with Gasteiger partial charge in [-0.15, -0.1) is 11.3 Å². The number of halogens is 1. The maximum atomic E-state index is 13.3. The molecule has 3 aromatic rings. The third-order valence-corrected chi connectivity index (χ3v) is 7.16. The van der Waals surface area contributed by atoms with Crippen LogP contribution >= 0.6 is 11.3 Å². The Balaban J connectivity index is 1.44. The maximum absolute atomic E-state index is 13.3. The lowest BCUT2D eigenvalue weighted by Crippen LogP contribution is -2.52. The molecule has 1 N–H and O–H groups in total. The van der Waals surface area contributed by atoms with Crippen LogP contribution in [0, 0.1) is 5.82 Å². The lowest BCUT2D eigenvalue weighted by Gasteiger charge is -2.42. The van der Waals surface area contributed by atoms with E-state index in [1.54, 1.807) is 11.3 Å². The summed E-state index contributed by atoms with van der Waals surface area (Å²) in [5.41, 5.74) is 2.78. The normalized spacial score (nSPS) is 16.3. The Morgan fingerprint density at radius 1 is 1.00 bits per heavy atom. The van der Waals surface area contributed by atoms with Gasteiger partial charge in [0.2, 0.25) is 0 Å². The quantitative estimate of drug-likeness (QED) is 0.551. The molecular weight excluding hydrogens is 435 g/mol. The molecule has 0 bridgehead atoms. The first-order valence-electron chi connectivity index (χ1n) is 11.3. The Bertz CT molecular complexity index is 1030. The average molecular weight is 467 g/mol. The number of rotatable bonds is 7. The minimum absolute atomic E-state index is 0.0537. The van der Waals surface area contributed by atoms with Gasteiger partial charge in [0.15, 0.2) is 0 Å². The van der Waals surface area contributed by atoms with Crippen LogP contribution < -0.4 is 15.1 Å². The van der Waals surface area contributed by atoms with E-state index in [0.717, 1.165) is 37.6 Å². The van der Waals surface area contributed by atoms with Crippen LogP contribution in [0.5, 0.6) is 0 Å². The van der Waals surface area contributed by atoms with E-state index in [0.29, 0.717) is 5.56 Å². The molecule has 4 rings (SSSR count). The summed E-state index contributed by atoms with van der Waals surface area (Å²) < 4.78 is 13.3. The van der Waals surface area contributed by atoms with Crippen molar-refractivity contribution in [2.75, 3.05) is 50.1 Å². The van der Waals surface area contributed by atoms with Crippen molar-refractivity contribution in [2.24, 2.45) is 0 Å². The number of nitrogens with zero attached hydrogens (tertiary/aromatic N) is 3. The van der Waals surface area contributed by atoms with Gasteiger partial charge in [0.05, 0.1) is 6.04 Å². The molecule has 1 fully saturated rings. The summed E-state index contributed by atoms with van der Waals surface area (Å²) in [6.45, 7) is 5.55. The van der Waals surface area contributed by atoms with Crippen LogP contribution in [0.4, 0.5) is 15.8 Å². The molecule has 0 radical (unpaired) electrons. The predicted molar refractivity (Wildman–Crippen MR) is 135 cm³/mol. The third kappa shape index (κ3) is 5.54. The molecule has 2 atom stereocenters. The second kappa shape index (κ2) is 10.4. The van der Waals surface area contributed by atoms with Crippen molar-refractivity contribution >= 4 is 28.6 Å². The molecule has 174 valence electrons. The summed E-state index contributed by atoms with van der Waals surface area (Å²) in [4.78, 5) is 21.0. The maximum Gasteiger partial charge on any atom is 0.251 e. The first-order valence-corrected chi connectivity index (χ1v) is 12.2. The SMILES string of the molecule is C[C@H](NC(=O)c1ccc(N(C)C)cc1)[C@H](c1cccs1)N1CCN(c2ccc(F)cc2)CC1. The van der Waals surface area contributed by atoms with E-state index in [1.807, 2.05) is 55.4 Å². The molecule has 1 aromatic heterocycles. The number of piperazine rings is 1. The molecule has 2 heterocycles. The minimum atomic E-state index is -0.212. The largest absolute Gasteiger partial charge is 0.378 e. The summed E-state index contributed by atoms with van der Waals surface area (Å²) in [6.07, 6.45) is 0. The van der Waals surface area contributed by atoms with Crippen LogP contribution in [0.3, 0.4) is 0 Å². The van der Waals surface area contributed by atoms with Crippen LogP contribution in [0.1, 0.15) is 28.2 Å². The van der Waals surface area contributed by atoms with Crippen molar-refractivity contribution in [1.82, 2.24) is 10.2 Å². The summed E-state index contributed by atoms with van der Waals surface area (Å²) >= 11 is 1.73. The highest BCUT2D eigenvalue weighted by atomic mass is 32.1. The highest BCUT2D eigenvalue weighted by Crippen LogP contribution is 2.30. The van der Waals surface area contributed by atoms with Gasteiger partial charge in [-0.3, -0.25) is 9.69 Å². The van der Waals surface area contributed by atoms with Gasteiger partial charge in [-0.05, 0) is 66.9 Å². The highest BCUT2D eigenvalue weighted by molar-refractivity contribution is 7.10. The molecule has 0 aliphatic carbocycles. The van der Waals surface area contributed by atoms with Gasteiger partial charge >= 0.3 is 0 Å². The van der Waals surface area contributed by atoms with Crippen molar-refractivity contribution in [3.8, 4) is 0 Å². The number of carbonyl (C=O) groups excluding carboxylic acids is 1. The van der Waals surface area contributed by atoms with E-state index in [1.165, 1.54) is 17.0 Å². The highest BCUT2D eigenvalue weighted by Gasteiger charge is 2.31. The van der Waals surface area contributed by atoms with Gasteiger partial charge in [-0.2, -0.15) is 0 Å². The monoisotopic (exact) mass is 466 g/mol. The lowest BCUT2D eigenvalue weighted by atomic mass is 10.0. The first kappa shape index (κ1) is 23.3. The van der Waals surface area contributed by atoms with Crippen LogP contribution in [-0.2, 0) is 0 Å². The van der Waals surface area contributed by atoms with Gasteiger partial charge in [-0.1, -0.05) is 6.07 Å². The van der Waals surface area contributed by atoms with Gasteiger partial charge in [0, 0.05) is 68.1 Å². The number of carbonyl (C=O) groups is 1. The van der Waals surface area contributed by atoms with Gasteiger partial charge < -0.3 is 15.1 Å². The Morgan fingerprint density at radius 2 is 1.67 bits per heavy atom. The zero-order valence-electron chi connectivity index (χ0n) is 19.4. The van der Waals surface area contributed by atoms with E-state index < -0.39 is 0 Å². The smallest absolute Gasteiger partial charge is 0.251 e. The molecule has 1 aliphatic heterocycles. The van der Waals surface area contributed by atoms with Crippen molar-refractivity contribution in [2.45, 2.75) is 19.0 Å². The van der Waals surface area contributed by atoms with Gasteiger partial charge in [-0.25, -0.2) is 4.39 Å². The fraction of sp³-hybridized carbons (Fsp3) is 0.346. The Kier molecular flexibility index (Phi) is 7.30. The number of thiophene rings is 1. The summed E-state index contributed by atoms with van der Waals surface area (Å²) in [6, 6.07) is 18.6. The topological polar surface area (TPSA) is 38.8 Å². The molecule has 7 heteroatoms. The molecular formula is C26H31FN4OS. The molecule has 2 aromatic carbocycles. The summed E-state index contributed by atoms with van der Waals surface area (Å²) in [7, 11) is 3.97. The standard InChI is InChI=1S/C26H31FN4OS/c1-19(28-26(32)20-6-10-22(11-7-20)29(2)3)25(24-5-4-18-33-24)31-16-14-30(15-17-31)23-12-8-21(27)9-13-23/h4-13,18-19,25H,14-17H2,1-3H3,(H,28,32)/t19-,25+/m0/s1. The molecule has 0 spiro atoms. The molecule has 1 amide bonds. The number of hydrogen-bond donors (Lipinski definition) is 1. The van der Waals surface area contributed by atoms with E-state index in [4.69, 9.17) is 0 Å². The molecule has 0 saturated carbocycles. The van der Waals surface area contributed by atoms with Crippen molar-refractivity contribution < 1.29 is 9.18 Å². The number of benzene rings is 2. The molecule has 1 saturated heterocycles. The Labute approximate surface area is 199 Å². The van der Waals surface area contributed by atoms with E-state index in [2.05, 4.69) is 39.6 Å². The number of anilines is 2. The van der Waals surface area contributed by atoms with Gasteiger partial charge in [0.25, 0.3) is 5.91 Å². The zero-order valence-corrected chi connectivity index (χ0v) is 20.2. The van der Waals surface area contributed by atoms with Crippen LogP contribution in [0.15, 0.2) is 66.0 Å². The number of amides is 1. The average Bonchev–Trinajstić information content (AvgIpc) is 3.34. The Morgan fingerprint density at radius 3 is 2.24 bits per heavy atom. The molecule has 0 unspecified atom stereocenters. The number of hydrogen-bond acceptors (Lipinski definition) is 5. The second-order valence-corrected chi connectivity index (χ2v) is 9.64. The van der Waals surface area contributed by atoms with Crippen molar-refractivity contribution in [3.63, 3.8) is 0 Å². The van der Waals surface area contributed by atoms with Crippen LogP contribution in [0.25, 0.3) is 0 Å². The predicted octanol–water partition coefficient (Wildman–Crippen LogP) is 4.64. The minimum Gasteiger partial charge on any atom is -0.378 e. The molecule has 1 aliphatic rings. The van der Waals surface area contributed by atoms with Crippen LogP contribution in [-0.4, -0.2) is 57.1 Å². The third-order valence-electron chi connectivity index (χ3n) is 6.21. The molecule has 5 nitrogen and oxygen atoms in total. The van der Waals surface area contributed by atoms with E-state index in [9.17, 15) is 9.18 Å². The fourth-order valence-corrected chi connectivity index (χ4v) is 5.36.